The topological polar surface area (TPSA) is 30.7 Å². The normalized spacial score (nSPS) is 11.3. The van der Waals surface area contributed by atoms with Crippen molar-refractivity contribution in [2.24, 2.45) is 0 Å². The van der Waals surface area contributed by atoms with Gasteiger partial charge in [-0.3, -0.25) is 4.57 Å². The van der Waals surface area contributed by atoms with E-state index in [1.165, 1.54) is 4.57 Å². The van der Waals surface area contributed by atoms with Crippen molar-refractivity contribution < 1.29 is 8.78 Å². The third-order valence-corrected chi connectivity index (χ3v) is 4.16. The summed E-state index contributed by atoms with van der Waals surface area (Å²) < 4.78 is 30.1. The van der Waals surface area contributed by atoms with Gasteiger partial charge in [-0.15, -0.1) is 11.6 Å². The Morgan fingerprint density at radius 1 is 1.14 bits per heavy atom. The number of hydrogen-bond acceptors (Lipinski definition) is 2. The van der Waals surface area contributed by atoms with Crippen LogP contribution in [0.2, 0.25) is 0 Å². The number of nitrogens with zero attached hydrogens (tertiary/aromatic N) is 3. The van der Waals surface area contributed by atoms with Crippen molar-refractivity contribution in [2.75, 3.05) is 0 Å². The number of imidazole rings is 1. The largest absolute Gasteiger partial charge is 0.277 e. The zero-order valence-electron chi connectivity index (χ0n) is 10.2. The Kier molecular flexibility index (Phi) is 3.98. The Morgan fingerprint density at radius 3 is 2.62 bits per heavy atom. The van der Waals surface area contributed by atoms with Crippen molar-refractivity contribution in [3.63, 3.8) is 0 Å². The summed E-state index contributed by atoms with van der Waals surface area (Å²) in [4.78, 5) is 8.51. The lowest BCUT2D eigenvalue weighted by Crippen LogP contribution is -2.04. The molecule has 0 aliphatic rings. The van der Waals surface area contributed by atoms with Crippen LogP contribution in [0.25, 0.3) is 16.9 Å². The molecule has 0 aliphatic carbocycles. The van der Waals surface area contributed by atoms with E-state index in [4.69, 9.17) is 11.6 Å². The second kappa shape index (κ2) is 5.62. The van der Waals surface area contributed by atoms with Gasteiger partial charge in [0.2, 0.25) is 0 Å². The number of aromatic nitrogens is 3. The van der Waals surface area contributed by atoms with Crippen LogP contribution >= 0.6 is 43.5 Å². The quantitative estimate of drug-likeness (QED) is 0.419. The van der Waals surface area contributed by atoms with E-state index >= 15 is 0 Å². The van der Waals surface area contributed by atoms with Gasteiger partial charge in [-0.2, -0.15) is 0 Å². The number of halogens is 5. The van der Waals surface area contributed by atoms with Crippen molar-refractivity contribution in [2.45, 2.75) is 5.88 Å². The van der Waals surface area contributed by atoms with E-state index in [2.05, 4.69) is 41.8 Å². The van der Waals surface area contributed by atoms with E-state index in [0.717, 1.165) is 16.6 Å². The van der Waals surface area contributed by atoms with Crippen molar-refractivity contribution >= 4 is 54.6 Å². The van der Waals surface area contributed by atoms with Crippen LogP contribution in [0.3, 0.4) is 0 Å². The Balaban J connectivity index is 2.36. The maximum Gasteiger partial charge on any atom is 0.164 e. The van der Waals surface area contributed by atoms with Crippen LogP contribution in [0, 0.1) is 11.6 Å². The van der Waals surface area contributed by atoms with Gasteiger partial charge in [0.15, 0.2) is 5.65 Å². The molecular weight excluding hydrogens is 431 g/mol. The monoisotopic (exact) mass is 435 g/mol. The van der Waals surface area contributed by atoms with E-state index in [0.29, 0.717) is 17.0 Å². The average molecular weight is 437 g/mol. The molecule has 108 valence electrons. The summed E-state index contributed by atoms with van der Waals surface area (Å²) in [5, 5.41) is 0. The second-order valence-corrected chi connectivity index (χ2v) is 6.25. The SMILES string of the molecule is Fc1cc(-n2c(CCl)nc3cc(Br)cnc32)c(F)cc1Br. The molecule has 0 N–H and O–H groups in total. The molecule has 1 aromatic carbocycles. The minimum Gasteiger partial charge on any atom is -0.277 e. The number of benzene rings is 1. The van der Waals surface area contributed by atoms with E-state index in [1.54, 1.807) is 12.3 Å². The molecular formula is C13H6Br2ClF2N3. The highest BCUT2D eigenvalue weighted by Gasteiger charge is 2.18. The van der Waals surface area contributed by atoms with Crippen LogP contribution < -0.4 is 0 Å². The smallest absolute Gasteiger partial charge is 0.164 e. The van der Waals surface area contributed by atoms with Gasteiger partial charge in [0.1, 0.15) is 23.0 Å². The highest BCUT2D eigenvalue weighted by atomic mass is 79.9. The molecule has 2 heterocycles. The van der Waals surface area contributed by atoms with Gasteiger partial charge in [0.25, 0.3) is 0 Å². The molecule has 0 radical (unpaired) electrons. The number of rotatable bonds is 2. The molecule has 0 fully saturated rings. The average Bonchev–Trinajstić information content (AvgIpc) is 2.80. The van der Waals surface area contributed by atoms with Crippen LogP contribution in [-0.4, -0.2) is 14.5 Å². The standard InChI is InChI=1S/C13H6Br2ClF2N3/c14-6-1-10-13(19-5-6)21(12(4-16)20-10)11-3-8(17)7(15)2-9(11)18/h1-3,5H,4H2. The van der Waals surface area contributed by atoms with Crippen LogP contribution in [0.15, 0.2) is 33.3 Å². The zero-order valence-corrected chi connectivity index (χ0v) is 14.2. The summed E-state index contributed by atoms with van der Waals surface area (Å²) in [6.07, 6.45) is 1.56. The maximum absolute atomic E-state index is 14.2. The number of hydrogen-bond donors (Lipinski definition) is 0. The van der Waals surface area contributed by atoms with Crippen LogP contribution in [0.4, 0.5) is 8.78 Å². The maximum atomic E-state index is 14.2. The van der Waals surface area contributed by atoms with Gasteiger partial charge >= 0.3 is 0 Å². The first-order valence-corrected chi connectivity index (χ1v) is 7.87. The Morgan fingerprint density at radius 2 is 1.90 bits per heavy atom. The first-order valence-electron chi connectivity index (χ1n) is 5.75. The molecule has 0 saturated heterocycles. The molecule has 0 unspecified atom stereocenters. The molecule has 0 bridgehead atoms. The summed E-state index contributed by atoms with van der Waals surface area (Å²) in [6.45, 7) is 0. The van der Waals surface area contributed by atoms with Gasteiger partial charge in [-0.05, 0) is 44.0 Å². The first-order chi connectivity index (χ1) is 10.0. The molecule has 21 heavy (non-hydrogen) atoms. The minimum atomic E-state index is -0.598. The fourth-order valence-electron chi connectivity index (χ4n) is 2.01. The highest BCUT2D eigenvalue weighted by molar-refractivity contribution is 9.10. The van der Waals surface area contributed by atoms with Crippen molar-refractivity contribution in [1.82, 2.24) is 14.5 Å². The van der Waals surface area contributed by atoms with Crippen molar-refractivity contribution in [1.29, 1.82) is 0 Å². The van der Waals surface area contributed by atoms with Crippen molar-refractivity contribution in [3.8, 4) is 5.69 Å². The summed E-state index contributed by atoms with van der Waals surface area (Å²) in [6, 6.07) is 3.88. The van der Waals surface area contributed by atoms with Crippen molar-refractivity contribution in [3.05, 3.63) is 50.8 Å². The van der Waals surface area contributed by atoms with Crippen LogP contribution in [0.1, 0.15) is 5.82 Å². The molecule has 0 aliphatic heterocycles. The lowest BCUT2D eigenvalue weighted by atomic mass is 10.3. The predicted molar refractivity (Wildman–Crippen MR) is 83.7 cm³/mol. The number of fused-ring (bicyclic) bond motifs is 1. The zero-order chi connectivity index (χ0) is 15.1. The lowest BCUT2D eigenvalue weighted by Gasteiger charge is -2.09. The first kappa shape index (κ1) is 14.9. The Bertz CT molecular complexity index is 851. The van der Waals surface area contributed by atoms with Gasteiger partial charge in [-0.25, -0.2) is 18.7 Å². The minimum absolute atomic E-state index is 0.0173. The summed E-state index contributed by atoms with van der Waals surface area (Å²) in [7, 11) is 0. The van der Waals surface area contributed by atoms with Crippen LogP contribution in [-0.2, 0) is 5.88 Å². The molecule has 3 rings (SSSR count). The van der Waals surface area contributed by atoms with Gasteiger partial charge in [-0.1, -0.05) is 0 Å². The fraction of sp³-hybridized carbons (Fsp3) is 0.0769. The molecule has 0 spiro atoms. The molecule has 0 amide bonds. The summed E-state index contributed by atoms with van der Waals surface area (Å²) in [5.41, 5.74) is 0.973. The second-order valence-electron chi connectivity index (χ2n) is 4.21. The molecule has 3 aromatic rings. The molecule has 0 atom stereocenters. The Hall–Kier alpha value is -1.05. The van der Waals surface area contributed by atoms with Gasteiger partial charge in [0.05, 0.1) is 16.0 Å². The highest BCUT2D eigenvalue weighted by Crippen LogP contribution is 2.28. The lowest BCUT2D eigenvalue weighted by molar-refractivity contribution is 0.587. The number of pyridine rings is 1. The third-order valence-electron chi connectivity index (χ3n) is 2.88. The van der Waals surface area contributed by atoms with E-state index in [-0.39, 0.29) is 16.0 Å². The summed E-state index contributed by atoms with van der Waals surface area (Å²) in [5.74, 6) is -0.743. The third kappa shape index (κ3) is 2.58. The molecule has 2 aromatic heterocycles. The molecule has 8 heteroatoms. The fourth-order valence-corrected chi connectivity index (χ4v) is 2.83. The molecule has 0 saturated carbocycles. The van der Waals surface area contributed by atoms with Gasteiger partial charge < -0.3 is 0 Å². The van der Waals surface area contributed by atoms with E-state index < -0.39 is 11.6 Å². The Labute approximate surface area is 140 Å². The van der Waals surface area contributed by atoms with E-state index in [1.807, 2.05) is 0 Å². The molecule has 3 nitrogen and oxygen atoms in total. The predicted octanol–water partition coefficient (Wildman–Crippen LogP) is 4.96. The van der Waals surface area contributed by atoms with Crippen LogP contribution in [0.5, 0.6) is 0 Å². The van der Waals surface area contributed by atoms with E-state index in [9.17, 15) is 8.78 Å². The summed E-state index contributed by atoms with van der Waals surface area (Å²) >= 11 is 12.1. The van der Waals surface area contributed by atoms with Gasteiger partial charge in [0, 0.05) is 16.7 Å². The number of alkyl halides is 1.